The second kappa shape index (κ2) is 7.88. The van der Waals surface area contributed by atoms with Gasteiger partial charge < -0.3 is 5.32 Å². The zero-order valence-corrected chi connectivity index (χ0v) is 14.5. The highest BCUT2D eigenvalue weighted by Gasteiger charge is 2.11. The van der Waals surface area contributed by atoms with E-state index < -0.39 is 0 Å². The molecule has 2 aromatic heterocycles. The van der Waals surface area contributed by atoms with Crippen molar-refractivity contribution in [2.75, 3.05) is 5.32 Å². The van der Waals surface area contributed by atoms with Crippen LogP contribution < -0.4 is 5.32 Å². The van der Waals surface area contributed by atoms with Crippen LogP contribution in [-0.2, 0) is 0 Å². The predicted molar refractivity (Wildman–Crippen MR) is 100 cm³/mol. The molecule has 1 unspecified atom stereocenters. The van der Waals surface area contributed by atoms with E-state index in [4.69, 9.17) is 4.98 Å². The summed E-state index contributed by atoms with van der Waals surface area (Å²) in [5, 5.41) is 3.22. The van der Waals surface area contributed by atoms with Crippen LogP contribution in [0.25, 0.3) is 11.3 Å². The van der Waals surface area contributed by atoms with E-state index in [1.165, 1.54) is 17.7 Å². The molecule has 1 aromatic carbocycles. The highest BCUT2D eigenvalue weighted by atomic mass is 19.1. The first-order chi connectivity index (χ1) is 12.2. The van der Waals surface area contributed by atoms with Gasteiger partial charge in [-0.3, -0.25) is 4.98 Å². The minimum atomic E-state index is -0.270. The summed E-state index contributed by atoms with van der Waals surface area (Å²) >= 11 is 0. The molecule has 0 aliphatic carbocycles. The second-order valence-electron chi connectivity index (χ2n) is 6.24. The van der Waals surface area contributed by atoms with Crippen LogP contribution in [-0.4, -0.2) is 9.97 Å². The van der Waals surface area contributed by atoms with Gasteiger partial charge in [0.2, 0.25) is 0 Å². The lowest BCUT2D eigenvalue weighted by molar-refractivity contribution is 0.628. The molecule has 0 saturated carbocycles. The number of pyridine rings is 2. The molecule has 0 radical (unpaired) electrons. The number of rotatable bonds is 6. The Morgan fingerprint density at radius 2 is 2.00 bits per heavy atom. The Labute approximate surface area is 148 Å². The molecule has 0 bridgehead atoms. The van der Waals surface area contributed by atoms with Crippen LogP contribution in [0.15, 0.2) is 60.9 Å². The number of nitrogens with one attached hydrogen (secondary N) is 1. The van der Waals surface area contributed by atoms with Crippen molar-refractivity contribution in [3.05, 3.63) is 72.3 Å². The van der Waals surface area contributed by atoms with Crippen molar-refractivity contribution >= 4 is 11.5 Å². The van der Waals surface area contributed by atoms with Gasteiger partial charge in [0.05, 0.1) is 5.69 Å². The summed E-state index contributed by atoms with van der Waals surface area (Å²) in [6.07, 6.45) is 5.79. The van der Waals surface area contributed by atoms with E-state index in [2.05, 4.69) is 30.2 Å². The molecule has 0 saturated heterocycles. The molecule has 3 aromatic rings. The number of benzene rings is 1. The first-order valence-corrected chi connectivity index (χ1v) is 8.60. The fourth-order valence-corrected chi connectivity index (χ4v) is 2.88. The van der Waals surface area contributed by atoms with Gasteiger partial charge in [-0.05, 0) is 60.4 Å². The van der Waals surface area contributed by atoms with E-state index in [9.17, 15) is 4.39 Å². The van der Waals surface area contributed by atoms with E-state index in [0.717, 1.165) is 24.1 Å². The topological polar surface area (TPSA) is 37.8 Å². The highest BCUT2D eigenvalue weighted by Crippen LogP contribution is 2.28. The fourth-order valence-electron chi connectivity index (χ4n) is 2.88. The lowest BCUT2D eigenvalue weighted by atomic mass is 9.95. The fraction of sp³-hybridized carbons (Fsp3) is 0.238. The van der Waals surface area contributed by atoms with Crippen molar-refractivity contribution in [3.8, 4) is 11.3 Å². The number of halogens is 1. The molecule has 0 spiro atoms. The summed E-state index contributed by atoms with van der Waals surface area (Å²) in [6, 6.07) is 14.5. The molecule has 25 heavy (non-hydrogen) atoms. The molecule has 1 atom stereocenters. The van der Waals surface area contributed by atoms with Gasteiger partial charge >= 0.3 is 0 Å². The first kappa shape index (κ1) is 17.1. The third-order valence-corrected chi connectivity index (χ3v) is 4.19. The second-order valence-corrected chi connectivity index (χ2v) is 6.24. The molecule has 1 N–H and O–H groups in total. The SMILES string of the molecule is CCCC(C)c1cc(Nc2cccc(F)c2)nc(-c2cccnc2)c1. The average molecular weight is 335 g/mol. The van der Waals surface area contributed by atoms with Crippen molar-refractivity contribution < 1.29 is 4.39 Å². The number of hydrogen-bond acceptors (Lipinski definition) is 3. The van der Waals surface area contributed by atoms with Gasteiger partial charge in [0.1, 0.15) is 11.6 Å². The van der Waals surface area contributed by atoms with Crippen LogP contribution in [0.5, 0.6) is 0 Å². The number of hydrogen-bond donors (Lipinski definition) is 1. The van der Waals surface area contributed by atoms with Crippen LogP contribution >= 0.6 is 0 Å². The Balaban J connectivity index is 2.00. The Morgan fingerprint density at radius 3 is 2.72 bits per heavy atom. The van der Waals surface area contributed by atoms with Crippen LogP contribution in [0.2, 0.25) is 0 Å². The van der Waals surface area contributed by atoms with Crippen molar-refractivity contribution in [2.45, 2.75) is 32.6 Å². The molecule has 3 rings (SSSR count). The quantitative estimate of drug-likeness (QED) is 0.606. The predicted octanol–water partition coefficient (Wildman–Crippen LogP) is 5.93. The molecule has 0 fully saturated rings. The minimum absolute atomic E-state index is 0.270. The standard InChI is InChI=1S/C21H22FN3/c1-3-6-15(2)17-11-20(16-7-5-10-23-14-16)25-21(12-17)24-19-9-4-8-18(22)13-19/h4-5,7-15H,3,6H2,1-2H3,(H,24,25). The maximum absolute atomic E-state index is 13.5. The molecule has 128 valence electrons. The van der Waals surface area contributed by atoms with Crippen LogP contribution in [0, 0.1) is 5.82 Å². The number of aromatic nitrogens is 2. The van der Waals surface area contributed by atoms with Gasteiger partial charge in [0.25, 0.3) is 0 Å². The Bertz CT molecular complexity index is 834. The van der Waals surface area contributed by atoms with Gasteiger partial charge in [-0.1, -0.05) is 26.3 Å². The summed E-state index contributed by atoms with van der Waals surface area (Å²) in [4.78, 5) is 8.88. The van der Waals surface area contributed by atoms with Crippen molar-refractivity contribution in [1.82, 2.24) is 9.97 Å². The Morgan fingerprint density at radius 1 is 1.12 bits per heavy atom. The lowest BCUT2D eigenvalue weighted by Gasteiger charge is -2.15. The van der Waals surface area contributed by atoms with Gasteiger partial charge in [0.15, 0.2) is 0 Å². The summed E-state index contributed by atoms with van der Waals surface area (Å²) in [7, 11) is 0. The molecule has 0 amide bonds. The lowest BCUT2D eigenvalue weighted by Crippen LogP contribution is -2.01. The number of anilines is 2. The van der Waals surface area contributed by atoms with E-state index >= 15 is 0 Å². The molecular weight excluding hydrogens is 313 g/mol. The monoisotopic (exact) mass is 335 g/mol. The summed E-state index contributed by atoms with van der Waals surface area (Å²) in [5.74, 6) is 0.870. The average Bonchev–Trinajstić information content (AvgIpc) is 2.62. The van der Waals surface area contributed by atoms with Gasteiger partial charge in [0, 0.05) is 23.6 Å². The van der Waals surface area contributed by atoms with Gasteiger partial charge in [-0.25, -0.2) is 9.37 Å². The van der Waals surface area contributed by atoms with E-state index in [-0.39, 0.29) is 5.82 Å². The van der Waals surface area contributed by atoms with E-state index in [0.29, 0.717) is 17.4 Å². The number of nitrogens with zero attached hydrogens (tertiary/aromatic N) is 2. The zero-order valence-electron chi connectivity index (χ0n) is 14.5. The van der Waals surface area contributed by atoms with Gasteiger partial charge in [-0.2, -0.15) is 0 Å². The van der Waals surface area contributed by atoms with E-state index in [1.54, 1.807) is 12.3 Å². The molecule has 0 aliphatic rings. The highest BCUT2D eigenvalue weighted by molar-refractivity contribution is 5.65. The third kappa shape index (κ3) is 4.41. The van der Waals surface area contributed by atoms with E-state index in [1.807, 2.05) is 30.5 Å². The summed E-state index contributed by atoms with van der Waals surface area (Å²) < 4.78 is 13.5. The Kier molecular flexibility index (Phi) is 5.39. The molecule has 4 heteroatoms. The third-order valence-electron chi connectivity index (χ3n) is 4.19. The maximum atomic E-state index is 13.5. The molecule has 2 heterocycles. The van der Waals surface area contributed by atoms with Crippen molar-refractivity contribution in [2.24, 2.45) is 0 Å². The summed E-state index contributed by atoms with van der Waals surface area (Å²) in [5.41, 5.74) is 3.74. The zero-order chi connectivity index (χ0) is 17.6. The van der Waals surface area contributed by atoms with Crippen molar-refractivity contribution in [1.29, 1.82) is 0 Å². The van der Waals surface area contributed by atoms with Crippen LogP contribution in [0.3, 0.4) is 0 Å². The maximum Gasteiger partial charge on any atom is 0.131 e. The first-order valence-electron chi connectivity index (χ1n) is 8.60. The smallest absolute Gasteiger partial charge is 0.131 e. The summed E-state index contributed by atoms with van der Waals surface area (Å²) in [6.45, 7) is 4.41. The normalized spacial score (nSPS) is 12.0. The van der Waals surface area contributed by atoms with Crippen LogP contribution in [0.1, 0.15) is 38.2 Å². The van der Waals surface area contributed by atoms with Crippen molar-refractivity contribution in [3.63, 3.8) is 0 Å². The Hall–Kier alpha value is -2.75. The van der Waals surface area contributed by atoms with Crippen LogP contribution in [0.4, 0.5) is 15.9 Å². The molecular formula is C21H22FN3. The largest absolute Gasteiger partial charge is 0.340 e. The van der Waals surface area contributed by atoms with Gasteiger partial charge in [-0.15, -0.1) is 0 Å². The minimum Gasteiger partial charge on any atom is -0.340 e. The molecule has 0 aliphatic heterocycles. The molecule has 3 nitrogen and oxygen atoms in total.